The van der Waals surface area contributed by atoms with Crippen LogP contribution in [0.15, 0.2) is 18.6 Å². The zero-order valence-electron chi connectivity index (χ0n) is 10.7. The second-order valence-electron chi connectivity index (χ2n) is 4.03. The van der Waals surface area contributed by atoms with Crippen molar-refractivity contribution in [3.63, 3.8) is 0 Å². The van der Waals surface area contributed by atoms with Crippen LogP contribution in [-0.4, -0.2) is 44.8 Å². The number of hydrogen-bond donors (Lipinski definition) is 1. The summed E-state index contributed by atoms with van der Waals surface area (Å²) in [5, 5.41) is 11.4. The molecule has 0 saturated carbocycles. The van der Waals surface area contributed by atoms with E-state index >= 15 is 0 Å². The second-order valence-corrected chi connectivity index (χ2v) is 4.03. The lowest BCUT2D eigenvalue weighted by Gasteiger charge is -2.01. The molecule has 7 nitrogen and oxygen atoms in total. The fourth-order valence-corrected chi connectivity index (χ4v) is 1.58. The smallest absolute Gasteiger partial charge is 0.130 e. The van der Waals surface area contributed by atoms with Crippen molar-refractivity contribution < 1.29 is 4.74 Å². The molecule has 0 aliphatic rings. The van der Waals surface area contributed by atoms with Gasteiger partial charge in [-0.05, 0) is 0 Å². The predicted molar refractivity (Wildman–Crippen MR) is 65.9 cm³/mol. The van der Waals surface area contributed by atoms with Crippen LogP contribution in [0, 0.1) is 0 Å². The molecule has 0 aliphatic carbocycles. The van der Waals surface area contributed by atoms with Gasteiger partial charge in [-0.2, -0.15) is 0 Å². The van der Waals surface area contributed by atoms with E-state index in [0.29, 0.717) is 19.7 Å². The van der Waals surface area contributed by atoms with Gasteiger partial charge in [0.25, 0.3) is 0 Å². The van der Waals surface area contributed by atoms with Crippen molar-refractivity contribution in [2.75, 3.05) is 20.3 Å². The Labute approximate surface area is 106 Å². The molecule has 7 heteroatoms. The number of aromatic nitrogens is 5. The summed E-state index contributed by atoms with van der Waals surface area (Å²) in [4.78, 5) is 4.25. The van der Waals surface area contributed by atoms with E-state index in [1.807, 2.05) is 24.0 Å². The fraction of sp³-hybridized carbons (Fsp3) is 0.545. The lowest BCUT2D eigenvalue weighted by atomic mass is 10.4. The van der Waals surface area contributed by atoms with E-state index < -0.39 is 0 Å². The topological polar surface area (TPSA) is 69.8 Å². The van der Waals surface area contributed by atoms with Crippen LogP contribution in [0.1, 0.15) is 11.5 Å². The first-order valence-corrected chi connectivity index (χ1v) is 5.84. The highest BCUT2D eigenvalue weighted by Crippen LogP contribution is 1.99. The van der Waals surface area contributed by atoms with E-state index in [-0.39, 0.29) is 0 Å². The highest BCUT2D eigenvalue weighted by molar-refractivity contribution is 4.96. The van der Waals surface area contributed by atoms with Crippen molar-refractivity contribution in [1.29, 1.82) is 0 Å². The lowest BCUT2D eigenvalue weighted by molar-refractivity contribution is 0.199. The zero-order valence-corrected chi connectivity index (χ0v) is 10.7. The highest BCUT2D eigenvalue weighted by Gasteiger charge is 2.04. The largest absolute Gasteiger partial charge is 0.383 e. The molecule has 0 aliphatic heterocycles. The first kappa shape index (κ1) is 12.7. The molecule has 0 bridgehead atoms. The molecule has 0 saturated heterocycles. The molecule has 0 amide bonds. The number of nitrogens with one attached hydrogen (secondary N) is 1. The molecule has 18 heavy (non-hydrogen) atoms. The van der Waals surface area contributed by atoms with Gasteiger partial charge in [0, 0.05) is 39.6 Å². The Kier molecular flexibility index (Phi) is 4.43. The van der Waals surface area contributed by atoms with Crippen molar-refractivity contribution in [2.45, 2.75) is 13.1 Å². The van der Waals surface area contributed by atoms with Crippen LogP contribution < -0.4 is 5.32 Å². The van der Waals surface area contributed by atoms with Gasteiger partial charge in [-0.3, -0.25) is 0 Å². The van der Waals surface area contributed by atoms with Crippen molar-refractivity contribution in [3.05, 3.63) is 30.1 Å². The highest BCUT2D eigenvalue weighted by atomic mass is 16.5. The number of ether oxygens (including phenoxy) is 1. The summed E-state index contributed by atoms with van der Waals surface area (Å²) in [6.07, 6.45) is 5.62. The van der Waals surface area contributed by atoms with Crippen LogP contribution >= 0.6 is 0 Å². The molecule has 0 radical (unpaired) electrons. The molecule has 0 unspecified atom stereocenters. The maximum Gasteiger partial charge on any atom is 0.130 e. The van der Waals surface area contributed by atoms with E-state index in [1.54, 1.807) is 18.0 Å². The summed E-state index contributed by atoms with van der Waals surface area (Å²) in [7, 11) is 3.65. The summed E-state index contributed by atoms with van der Waals surface area (Å²) in [6.45, 7) is 2.84. The minimum atomic E-state index is 0.634. The molecule has 2 aromatic rings. The van der Waals surface area contributed by atoms with Crippen molar-refractivity contribution in [3.8, 4) is 0 Å². The van der Waals surface area contributed by atoms with Crippen LogP contribution in [0.3, 0.4) is 0 Å². The molecule has 0 fully saturated rings. The van der Waals surface area contributed by atoms with Gasteiger partial charge in [0.2, 0.25) is 0 Å². The van der Waals surface area contributed by atoms with Gasteiger partial charge >= 0.3 is 0 Å². The van der Waals surface area contributed by atoms with Crippen LogP contribution in [0.25, 0.3) is 0 Å². The molecular weight excluding hydrogens is 232 g/mol. The molecule has 2 rings (SSSR count). The number of imidazole rings is 1. The molecule has 2 heterocycles. The maximum atomic E-state index is 4.95. The number of rotatable bonds is 7. The normalized spacial score (nSPS) is 11.0. The second kappa shape index (κ2) is 6.27. The minimum Gasteiger partial charge on any atom is -0.383 e. The third kappa shape index (κ3) is 3.38. The first-order valence-electron chi connectivity index (χ1n) is 5.84. The van der Waals surface area contributed by atoms with Gasteiger partial charge in [0.1, 0.15) is 12.4 Å². The molecule has 2 aromatic heterocycles. The number of methoxy groups -OCH3 is 1. The first-order chi connectivity index (χ1) is 8.79. The standard InChI is InChI=1S/C11H18N6O/c1-16-5-3-13-11(16)9-17-8-10(14-15-17)7-12-4-6-18-2/h3,5,8,12H,4,6-7,9H2,1-2H3. The Balaban J connectivity index is 1.84. The predicted octanol–water partition coefficient (Wildman–Crippen LogP) is -0.204. The Bertz CT molecular complexity index is 477. The average Bonchev–Trinajstić information content (AvgIpc) is 2.96. The van der Waals surface area contributed by atoms with Gasteiger partial charge in [-0.15, -0.1) is 5.10 Å². The maximum absolute atomic E-state index is 4.95. The molecule has 98 valence electrons. The Morgan fingerprint density at radius 2 is 2.33 bits per heavy atom. The average molecular weight is 250 g/mol. The van der Waals surface area contributed by atoms with Crippen molar-refractivity contribution in [2.24, 2.45) is 7.05 Å². The van der Waals surface area contributed by atoms with Crippen molar-refractivity contribution >= 4 is 0 Å². The van der Waals surface area contributed by atoms with Gasteiger partial charge in [-0.1, -0.05) is 5.21 Å². The number of hydrogen-bond acceptors (Lipinski definition) is 5. The van der Waals surface area contributed by atoms with Gasteiger partial charge < -0.3 is 14.6 Å². The molecule has 0 aromatic carbocycles. The summed E-state index contributed by atoms with van der Waals surface area (Å²) >= 11 is 0. The van der Waals surface area contributed by atoms with E-state index in [2.05, 4.69) is 20.6 Å². The Morgan fingerprint density at radius 3 is 3.06 bits per heavy atom. The SMILES string of the molecule is COCCNCc1cn(Cc2nccn2C)nn1. The van der Waals surface area contributed by atoms with Crippen molar-refractivity contribution in [1.82, 2.24) is 29.9 Å². The Hall–Kier alpha value is -1.73. The zero-order chi connectivity index (χ0) is 12.8. The van der Waals surface area contributed by atoms with E-state index in [4.69, 9.17) is 4.74 Å². The molecule has 0 spiro atoms. The van der Waals surface area contributed by atoms with Gasteiger partial charge in [-0.25, -0.2) is 9.67 Å². The summed E-state index contributed by atoms with van der Waals surface area (Å²) < 4.78 is 8.71. The molecule has 0 atom stereocenters. The van der Waals surface area contributed by atoms with E-state index in [0.717, 1.165) is 18.1 Å². The number of nitrogens with zero attached hydrogens (tertiary/aromatic N) is 5. The molecular formula is C11H18N6O. The summed E-state index contributed by atoms with van der Waals surface area (Å²) in [5.74, 6) is 0.957. The molecule has 1 N–H and O–H groups in total. The van der Waals surface area contributed by atoms with Crippen LogP contribution in [0.2, 0.25) is 0 Å². The summed E-state index contributed by atoms with van der Waals surface area (Å²) in [6, 6.07) is 0. The quantitative estimate of drug-likeness (QED) is 0.689. The van der Waals surface area contributed by atoms with E-state index in [9.17, 15) is 0 Å². The number of aryl methyl sites for hydroxylation is 1. The third-order valence-electron chi connectivity index (χ3n) is 2.60. The van der Waals surface area contributed by atoms with Gasteiger partial charge in [0.15, 0.2) is 0 Å². The monoisotopic (exact) mass is 250 g/mol. The minimum absolute atomic E-state index is 0.634. The fourth-order valence-electron chi connectivity index (χ4n) is 1.58. The summed E-state index contributed by atoms with van der Waals surface area (Å²) in [5.41, 5.74) is 0.917. The van der Waals surface area contributed by atoms with Gasteiger partial charge in [0.05, 0.1) is 18.5 Å². The third-order valence-corrected chi connectivity index (χ3v) is 2.60. The van der Waals surface area contributed by atoms with E-state index in [1.165, 1.54) is 0 Å². The van der Waals surface area contributed by atoms with Crippen LogP contribution in [0.4, 0.5) is 0 Å². The van der Waals surface area contributed by atoms with Crippen LogP contribution in [0.5, 0.6) is 0 Å². The van der Waals surface area contributed by atoms with Crippen LogP contribution in [-0.2, 0) is 24.9 Å². The Morgan fingerprint density at radius 1 is 1.44 bits per heavy atom. The lowest BCUT2D eigenvalue weighted by Crippen LogP contribution is -2.18.